The van der Waals surface area contributed by atoms with Crippen molar-refractivity contribution in [3.05, 3.63) is 24.0 Å². The molecular weight excluding hydrogens is 174 g/mol. The number of nitrogens with zero attached hydrogens (tertiary/aromatic N) is 1. The maximum atomic E-state index is 9.83. The third-order valence-corrected chi connectivity index (χ3v) is 2.71. The second-order valence-corrected chi connectivity index (χ2v) is 5.14. The van der Waals surface area contributed by atoms with Gasteiger partial charge in [0.1, 0.15) is 0 Å². The Balaban J connectivity index is 3.19. The highest BCUT2D eigenvalue weighted by molar-refractivity contribution is 5.29. The lowest BCUT2D eigenvalue weighted by Gasteiger charge is -2.40. The molecule has 0 spiro atoms. The average Bonchev–Trinajstić information content (AvgIpc) is 2.01. The van der Waals surface area contributed by atoms with Crippen LogP contribution in [0.3, 0.4) is 0 Å². The normalized spacial score (nSPS) is 32.2. The Labute approximate surface area is 85.6 Å². The molecule has 0 bridgehead atoms. The average molecular weight is 191 g/mol. The Kier molecular flexibility index (Phi) is 2.45. The molecule has 76 valence electrons. The summed E-state index contributed by atoms with van der Waals surface area (Å²) in [6, 6.07) is 2.28. The van der Waals surface area contributed by atoms with Crippen molar-refractivity contribution >= 4 is 0 Å². The quantitative estimate of drug-likeness (QED) is 0.639. The highest BCUT2D eigenvalue weighted by Gasteiger charge is 2.43. The fourth-order valence-electron chi connectivity index (χ4n) is 2.29. The number of aliphatic hydroxyl groups is 1. The standard InChI is InChI=1S/C12H17NO/c1-11(2,3)10-9(14)6-5-7-12(10,4)8-13/h5-7,10,14H,1-4H3. The summed E-state index contributed by atoms with van der Waals surface area (Å²) in [5.74, 6) is 0.175. The molecule has 0 amide bonds. The van der Waals surface area contributed by atoms with E-state index in [0.29, 0.717) is 5.76 Å². The number of allylic oxidation sites excluding steroid dienone is 4. The first-order valence-electron chi connectivity index (χ1n) is 4.81. The molecule has 2 heteroatoms. The summed E-state index contributed by atoms with van der Waals surface area (Å²) < 4.78 is 0. The third kappa shape index (κ3) is 1.68. The van der Waals surface area contributed by atoms with Gasteiger partial charge in [-0.3, -0.25) is 0 Å². The number of aliphatic hydroxyl groups excluding tert-OH is 1. The van der Waals surface area contributed by atoms with Crippen molar-refractivity contribution in [2.45, 2.75) is 27.7 Å². The molecular formula is C12H17NO. The van der Waals surface area contributed by atoms with Gasteiger partial charge in [0.15, 0.2) is 0 Å². The topological polar surface area (TPSA) is 44.0 Å². The SMILES string of the molecule is CC(C)(C)C1C(O)=CC=CC1(C)C#N. The van der Waals surface area contributed by atoms with E-state index in [4.69, 9.17) is 5.26 Å². The van der Waals surface area contributed by atoms with Crippen molar-refractivity contribution in [1.29, 1.82) is 5.26 Å². The van der Waals surface area contributed by atoms with Crippen LogP contribution in [0.4, 0.5) is 0 Å². The van der Waals surface area contributed by atoms with Gasteiger partial charge in [0.05, 0.1) is 17.2 Å². The Morgan fingerprint density at radius 3 is 2.43 bits per heavy atom. The van der Waals surface area contributed by atoms with Gasteiger partial charge >= 0.3 is 0 Å². The molecule has 1 N–H and O–H groups in total. The van der Waals surface area contributed by atoms with Crippen LogP contribution in [-0.4, -0.2) is 5.11 Å². The molecule has 1 aliphatic carbocycles. The molecule has 0 saturated heterocycles. The minimum atomic E-state index is -0.600. The van der Waals surface area contributed by atoms with Gasteiger partial charge < -0.3 is 5.11 Å². The van der Waals surface area contributed by atoms with Crippen molar-refractivity contribution < 1.29 is 5.11 Å². The van der Waals surface area contributed by atoms with Crippen LogP contribution in [0, 0.1) is 28.1 Å². The van der Waals surface area contributed by atoms with Gasteiger partial charge in [0, 0.05) is 5.92 Å². The van der Waals surface area contributed by atoms with Crippen molar-refractivity contribution in [3.63, 3.8) is 0 Å². The second-order valence-electron chi connectivity index (χ2n) is 5.14. The molecule has 0 saturated carbocycles. The lowest BCUT2D eigenvalue weighted by Crippen LogP contribution is -2.37. The monoisotopic (exact) mass is 191 g/mol. The molecule has 1 aliphatic rings. The first kappa shape index (κ1) is 10.8. The summed E-state index contributed by atoms with van der Waals surface area (Å²) >= 11 is 0. The molecule has 0 fully saturated rings. The predicted molar refractivity (Wildman–Crippen MR) is 56.5 cm³/mol. The lowest BCUT2D eigenvalue weighted by molar-refractivity contribution is 0.129. The third-order valence-electron chi connectivity index (χ3n) is 2.71. The first-order valence-corrected chi connectivity index (χ1v) is 4.81. The lowest BCUT2D eigenvalue weighted by atomic mass is 9.63. The second kappa shape index (κ2) is 3.16. The maximum Gasteiger partial charge on any atom is 0.0977 e. The Morgan fingerprint density at radius 1 is 1.50 bits per heavy atom. The molecule has 2 nitrogen and oxygen atoms in total. The summed E-state index contributed by atoms with van der Waals surface area (Å²) in [6.07, 6.45) is 5.29. The van der Waals surface area contributed by atoms with Crippen LogP contribution in [0.1, 0.15) is 27.7 Å². The van der Waals surface area contributed by atoms with E-state index in [1.54, 1.807) is 12.2 Å². The highest BCUT2D eigenvalue weighted by Crippen LogP contribution is 2.46. The molecule has 0 radical (unpaired) electrons. The smallest absolute Gasteiger partial charge is 0.0977 e. The number of hydrogen-bond acceptors (Lipinski definition) is 2. The summed E-state index contributed by atoms with van der Waals surface area (Å²) in [7, 11) is 0. The summed E-state index contributed by atoms with van der Waals surface area (Å²) in [6.45, 7) is 7.98. The molecule has 0 heterocycles. The van der Waals surface area contributed by atoms with E-state index < -0.39 is 5.41 Å². The molecule has 2 unspecified atom stereocenters. The fourth-order valence-corrected chi connectivity index (χ4v) is 2.29. The van der Waals surface area contributed by atoms with Gasteiger partial charge in [-0.25, -0.2) is 0 Å². The molecule has 14 heavy (non-hydrogen) atoms. The van der Waals surface area contributed by atoms with Crippen LogP contribution in [-0.2, 0) is 0 Å². The Morgan fingerprint density at radius 2 is 2.07 bits per heavy atom. The molecule has 1 rings (SSSR count). The van der Waals surface area contributed by atoms with E-state index in [1.807, 2.05) is 33.8 Å². The van der Waals surface area contributed by atoms with Gasteiger partial charge in [0.2, 0.25) is 0 Å². The van der Waals surface area contributed by atoms with Crippen molar-refractivity contribution in [2.24, 2.45) is 16.7 Å². The number of rotatable bonds is 0. The zero-order valence-electron chi connectivity index (χ0n) is 9.20. The summed E-state index contributed by atoms with van der Waals surface area (Å²) in [5.41, 5.74) is -0.715. The fraction of sp³-hybridized carbons (Fsp3) is 0.583. The molecule has 0 aliphatic heterocycles. The van der Waals surface area contributed by atoms with Crippen LogP contribution in [0.5, 0.6) is 0 Å². The van der Waals surface area contributed by atoms with Crippen LogP contribution >= 0.6 is 0 Å². The van der Waals surface area contributed by atoms with Crippen molar-refractivity contribution in [1.82, 2.24) is 0 Å². The zero-order valence-corrected chi connectivity index (χ0v) is 9.20. The van der Waals surface area contributed by atoms with E-state index in [2.05, 4.69) is 6.07 Å². The number of nitriles is 1. The van der Waals surface area contributed by atoms with E-state index in [0.717, 1.165) is 0 Å². The zero-order chi connectivity index (χ0) is 11.0. The minimum absolute atomic E-state index is 0.115. The van der Waals surface area contributed by atoms with Gasteiger partial charge in [-0.1, -0.05) is 32.9 Å². The van der Waals surface area contributed by atoms with Crippen molar-refractivity contribution in [2.75, 3.05) is 0 Å². The van der Waals surface area contributed by atoms with Crippen LogP contribution in [0.2, 0.25) is 0 Å². The van der Waals surface area contributed by atoms with E-state index in [9.17, 15) is 5.11 Å². The molecule has 0 aromatic carbocycles. The maximum absolute atomic E-state index is 9.83. The Hall–Kier alpha value is -1.23. The van der Waals surface area contributed by atoms with Crippen LogP contribution < -0.4 is 0 Å². The Bertz CT molecular complexity index is 327. The largest absolute Gasteiger partial charge is 0.512 e. The number of hydrogen-bond donors (Lipinski definition) is 1. The summed E-state index contributed by atoms with van der Waals surface area (Å²) in [4.78, 5) is 0. The van der Waals surface area contributed by atoms with E-state index in [1.165, 1.54) is 0 Å². The van der Waals surface area contributed by atoms with Gasteiger partial charge in [-0.2, -0.15) is 5.26 Å². The van der Waals surface area contributed by atoms with Gasteiger partial charge in [0.25, 0.3) is 0 Å². The van der Waals surface area contributed by atoms with Crippen LogP contribution in [0.25, 0.3) is 0 Å². The van der Waals surface area contributed by atoms with Crippen molar-refractivity contribution in [3.8, 4) is 6.07 Å². The molecule has 0 aromatic heterocycles. The van der Waals surface area contributed by atoms with E-state index >= 15 is 0 Å². The van der Waals surface area contributed by atoms with Crippen LogP contribution in [0.15, 0.2) is 24.0 Å². The van der Waals surface area contributed by atoms with E-state index in [-0.39, 0.29) is 11.3 Å². The first-order chi connectivity index (χ1) is 6.31. The highest BCUT2D eigenvalue weighted by atomic mass is 16.3. The molecule has 0 aromatic rings. The van der Waals surface area contributed by atoms with Gasteiger partial charge in [-0.15, -0.1) is 0 Å². The predicted octanol–water partition coefficient (Wildman–Crippen LogP) is 3.19. The minimum Gasteiger partial charge on any atom is -0.512 e. The molecule has 2 atom stereocenters. The van der Waals surface area contributed by atoms with Gasteiger partial charge in [-0.05, 0) is 18.4 Å². The summed E-state index contributed by atoms with van der Waals surface area (Å²) in [5, 5.41) is 19.0.